The van der Waals surface area contributed by atoms with Crippen LogP contribution in [0.3, 0.4) is 0 Å². The number of nitrogens with one attached hydrogen (secondary N) is 1. The molecule has 6 nitrogen and oxygen atoms in total. The number of halogens is 3. The maximum atomic E-state index is 13.0. The molecule has 0 radical (unpaired) electrons. The maximum absolute atomic E-state index is 13.0. The van der Waals surface area contributed by atoms with Crippen molar-refractivity contribution < 1.29 is 23.1 Å². The Hall–Kier alpha value is -2.72. The minimum Gasteiger partial charge on any atom is -0.387 e. The van der Waals surface area contributed by atoms with Gasteiger partial charge in [-0.25, -0.2) is 4.98 Å². The molecule has 0 aliphatic heterocycles. The van der Waals surface area contributed by atoms with Gasteiger partial charge in [0.2, 0.25) is 11.7 Å². The van der Waals surface area contributed by atoms with Crippen LogP contribution in [0.5, 0.6) is 0 Å². The molecule has 0 aliphatic carbocycles. The number of benzene rings is 2. The number of aryl methyl sites for hydroxylation is 1. The number of aliphatic hydroxyl groups is 1. The summed E-state index contributed by atoms with van der Waals surface area (Å²) in [4.78, 5) is 15.8. The topological polar surface area (TPSA) is 70.4 Å². The molecule has 2 N–H and O–H groups in total. The summed E-state index contributed by atoms with van der Waals surface area (Å²) in [5.74, 6) is -1.44. The smallest absolute Gasteiger partial charge is 0.387 e. The Labute approximate surface area is 163 Å². The molecule has 3 aromatic rings. The van der Waals surface area contributed by atoms with Crippen LogP contribution in [0.15, 0.2) is 47.4 Å². The molecule has 28 heavy (non-hydrogen) atoms. The monoisotopic (exact) mass is 410 g/mol. The average molecular weight is 410 g/mol. The number of alkyl halides is 3. The van der Waals surface area contributed by atoms with E-state index in [1.807, 2.05) is 4.31 Å². The number of carbonyl (C=O) groups is 1. The van der Waals surface area contributed by atoms with Crippen molar-refractivity contribution >= 4 is 40.3 Å². The predicted octanol–water partition coefficient (Wildman–Crippen LogP) is 3.67. The molecule has 0 spiro atoms. The van der Waals surface area contributed by atoms with Crippen LogP contribution in [0.4, 0.5) is 24.5 Å². The van der Waals surface area contributed by atoms with E-state index in [1.165, 1.54) is 19.0 Å². The first-order valence-corrected chi connectivity index (χ1v) is 8.92. The molecule has 0 bridgehead atoms. The second-order valence-electron chi connectivity index (χ2n) is 5.98. The fourth-order valence-electron chi connectivity index (χ4n) is 2.65. The van der Waals surface area contributed by atoms with E-state index in [0.717, 1.165) is 9.46 Å². The fourth-order valence-corrected chi connectivity index (χ4v) is 3.44. The SMILES string of the molecule is CN(Sc1ccc(NC(=O)CO)cc1)c1ccc2c(c1)nc(C(F)(F)F)n2C. The Kier molecular flexibility index (Phi) is 5.52. The van der Waals surface area contributed by atoms with Gasteiger partial charge in [-0.05, 0) is 54.4 Å². The molecule has 148 valence electrons. The highest BCUT2D eigenvalue weighted by molar-refractivity contribution is 8.00. The minimum atomic E-state index is -4.51. The third-order valence-corrected chi connectivity index (χ3v) is 4.97. The molecule has 0 unspecified atom stereocenters. The molecule has 1 amide bonds. The van der Waals surface area contributed by atoms with Gasteiger partial charge in [0.05, 0.1) is 11.0 Å². The van der Waals surface area contributed by atoms with E-state index in [4.69, 9.17) is 5.11 Å². The van der Waals surface area contributed by atoms with Gasteiger partial charge in [-0.15, -0.1) is 0 Å². The predicted molar refractivity (Wildman–Crippen MR) is 102 cm³/mol. The number of aromatic nitrogens is 2. The lowest BCUT2D eigenvalue weighted by Crippen LogP contribution is -2.15. The number of hydrogen-bond donors (Lipinski definition) is 2. The van der Waals surface area contributed by atoms with Crippen LogP contribution in [0.25, 0.3) is 11.0 Å². The Morgan fingerprint density at radius 2 is 1.93 bits per heavy atom. The molecule has 2 aromatic carbocycles. The lowest BCUT2D eigenvalue weighted by molar-refractivity contribution is -0.146. The Balaban J connectivity index is 1.78. The van der Waals surface area contributed by atoms with Gasteiger partial charge in [-0.3, -0.25) is 4.79 Å². The number of rotatable bonds is 5. The third-order valence-electron chi connectivity index (χ3n) is 4.01. The van der Waals surface area contributed by atoms with Crippen LogP contribution in [0.1, 0.15) is 5.82 Å². The molecular formula is C18H17F3N4O2S. The van der Waals surface area contributed by atoms with Crippen LogP contribution in [-0.2, 0) is 18.0 Å². The van der Waals surface area contributed by atoms with Crippen molar-refractivity contribution in [1.82, 2.24) is 9.55 Å². The Morgan fingerprint density at radius 1 is 1.25 bits per heavy atom. The Morgan fingerprint density at radius 3 is 2.54 bits per heavy atom. The first-order valence-electron chi connectivity index (χ1n) is 8.15. The van der Waals surface area contributed by atoms with Crippen molar-refractivity contribution in [2.75, 3.05) is 23.3 Å². The molecule has 3 rings (SSSR count). The zero-order chi connectivity index (χ0) is 20.5. The highest BCUT2D eigenvalue weighted by Crippen LogP contribution is 2.34. The van der Waals surface area contributed by atoms with E-state index in [-0.39, 0.29) is 5.52 Å². The number of anilines is 2. The van der Waals surface area contributed by atoms with Crippen LogP contribution in [-0.4, -0.2) is 34.2 Å². The van der Waals surface area contributed by atoms with Gasteiger partial charge in [0.1, 0.15) is 6.61 Å². The van der Waals surface area contributed by atoms with Gasteiger partial charge < -0.3 is 19.3 Å². The number of amides is 1. The summed E-state index contributed by atoms with van der Waals surface area (Å²) in [6, 6.07) is 11.9. The van der Waals surface area contributed by atoms with E-state index in [9.17, 15) is 18.0 Å². The number of hydrogen-bond acceptors (Lipinski definition) is 5. The molecule has 0 fully saturated rings. The highest BCUT2D eigenvalue weighted by atomic mass is 32.2. The van der Waals surface area contributed by atoms with Crippen LogP contribution >= 0.6 is 11.9 Å². The second-order valence-corrected chi connectivity index (χ2v) is 7.19. The molecular weight excluding hydrogens is 393 g/mol. The number of fused-ring (bicyclic) bond motifs is 1. The molecule has 0 saturated heterocycles. The van der Waals surface area contributed by atoms with Crippen LogP contribution in [0, 0.1) is 0 Å². The van der Waals surface area contributed by atoms with E-state index in [0.29, 0.717) is 16.9 Å². The molecule has 0 saturated carbocycles. The van der Waals surface area contributed by atoms with E-state index < -0.39 is 24.5 Å². The summed E-state index contributed by atoms with van der Waals surface area (Å²) in [5.41, 5.74) is 1.92. The zero-order valence-electron chi connectivity index (χ0n) is 15.0. The second kappa shape index (κ2) is 7.72. The first kappa shape index (κ1) is 20.0. The lowest BCUT2D eigenvalue weighted by Gasteiger charge is -2.18. The van der Waals surface area contributed by atoms with Crippen molar-refractivity contribution in [3.8, 4) is 0 Å². The summed E-state index contributed by atoms with van der Waals surface area (Å²) < 4.78 is 41.9. The van der Waals surface area contributed by atoms with Crippen molar-refractivity contribution in [3.05, 3.63) is 48.3 Å². The summed E-state index contributed by atoms with van der Waals surface area (Å²) in [7, 11) is 3.13. The average Bonchev–Trinajstić information content (AvgIpc) is 2.99. The molecule has 1 heterocycles. The minimum absolute atomic E-state index is 0.266. The number of aliphatic hydroxyl groups excluding tert-OH is 1. The van der Waals surface area contributed by atoms with Crippen molar-refractivity contribution in [2.45, 2.75) is 11.1 Å². The Bertz CT molecular complexity index is 1000. The van der Waals surface area contributed by atoms with Gasteiger partial charge in [0.15, 0.2) is 0 Å². The molecule has 0 aliphatic rings. The molecule has 1 aromatic heterocycles. The van der Waals surface area contributed by atoms with E-state index >= 15 is 0 Å². The molecule has 10 heteroatoms. The lowest BCUT2D eigenvalue weighted by atomic mass is 10.3. The maximum Gasteiger partial charge on any atom is 0.449 e. The van der Waals surface area contributed by atoms with Crippen LogP contribution < -0.4 is 9.62 Å². The quantitative estimate of drug-likeness (QED) is 0.628. The summed E-state index contributed by atoms with van der Waals surface area (Å²) in [5, 5.41) is 11.3. The van der Waals surface area contributed by atoms with Crippen LogP contribution in [0.2, 0.25) is 0 Å². The normalized spacial score (nSPS) is 11.6. The number of nitrogens with zero attached hydrogens (tertiary/aromatic N) is 3. The first-order chi connectivity index (χ1) is 13.2. The van der Waals surface area contributed by atoms with Gasteiger partial charge in [0.25, 0.3) is 0 Å². The van der Waals surface area contributed by atoms with Gasteiger partial charge in [-0.1, -0.05) is 0 Å². The van der Waals surface area contributed by atoms with Crippen molar-refractivity contribution in [3.63, 3.8) is 0 Å². The van der Waals surface area contributed by atoms with Gasteiger partial charge in [0, 0.05) is 30.4 Å². The van der Waals surface area contributed by atoms with E-state index in [1.54, 1.807) is 49.5 Å². The number of imidazole rings is 1. The largest absolute Gasteiger partial charge is 0.449 e. The van der Waals surface area contributed by atoms with E-state index in [2.05, 4.69) is 10.3 Å². The summed E-state index contributed by atoms with van der Waals surface area (Å²) in [6.45, 7) is -0.592. The number of carbonyl (C=O) groups excluding carboxylic acids is 1. The van der Waals surface area contributed by atoms with Gasteiger partial charge in [-0.2, -0.15) is 13.2 Å². The third kappa shape index (κ3) is 4.23. The fraction of sp³-hybridized carbons (Fsp3) is 0.222. The van der Waals surface area contributed by atoms with Gasteiger partial charge >= 0.3 is 6.18 Å². The summed E-state index contributed by atoms with van der Waals surface area (Å²) in [6.07, 6.45) is -4.51. The standard InChI is InChI=1S/C18H17F3N4O2S/c1-24-15-8-5-12(9-14(15)23-17(24)18(19,20)21)25(2)28-13-6-3-11(4-7-13)22-16(27)10-26/h3-9,26H,10H2,1-2H3,(H,22,27). The van der Waals surface area contributed by atoms with Crippen molar-refractivity contribution in [2.24, 2.45) is 7.05 Å². The zero-order valence-corrected chi connectivity index (χ0v) is 15.8. The molecule has 0 atom stereocenters. The summed E-state index contributed by atoms with van der Waals surface area (Å²) >= 11 is 1.37. The highest BCUT2D eigenvalue weighted by Gasteiger charge is 2.36. The van der Waals surface area contributed by atoms with Crippen molar-refractivity contribution in [1.29, 1.82) is 0 Å².